The molecule has 2 rings (SSSR count). The summed E-state index contributed by atoms with van der Waals surface area (Å²) < 4.78 is 0. The van der Waals surface area contributed by atoms with Crippen molar-refractivity contribution in [1.82, 2.24) is 0 Å². The SMILES string of the molecule is Cc1ccc(NC(=O)ON=C2CCCCC2)cc1Cl. The molecule has 4 nitrogen and oxygen atoms in total. The highest BCUT2D eigenvalue weighted by molar-refractivity contribution is 6.31. The first kappa shape index (κ1) is 13.9. The number of benzene rings is 1. The highest BCUT2D eigenvalue weighted by atomic mass is 35.5. The van der Waals surface area contributed by atoms with Gasteiger partial charge in [-0.1, -0.05) is 29.2 Å². The van der Waals surface area contributed by atoms with Crippen LogP contribution in [0.3, 0.4) is 0 Å². The van der Waals surface area contributed by atoms with Crippen LogP contribution in [-0.4, -0.2) is 11.8 Å². The first-order valence-electron chi connectivity index (χ1n) is 6.45. The van der Waals surface area contributed by atoms with Crippen LogP contribution in [0.2, 0.25) is 5.02 Å². The van der Waals surface area contributed by atoms with Crippen molar-refractivity contribution in [3.05, 3.63) is 28.8 Å². The van der Waals surface area contributed by atoms with Crippen molar-refractivity contribution < 1.29 is 9.63 Å². The van der Waals surface area contributed by atoms with Crippen molar-refractivity contribution in [3.63, 3.8) is 0 Å². The number of halogens is 1. The summed E-state index contributed by atoms with van der Waals surface area (Å²) in [5.74, 6) is 0. The van der Waals surface area contributed by atoms with Gasteiger partial charge >= 0.3 is 6.09 Å². The van der Waals surface area contributed by atoms with Gasteiger partial charge in [0, 0.05) is 10.7 Å². The first-order chi connectivity index (χ1) is 9.15. The van der Waals surface area contributed by atoms with Crippen LogP contribution in [0.1, 0.15) is 37.7 Å². The van der Waals surface area contributed by atoms with Gasteiger partial charge < -0.3 is 0 Å². The van der Waals surface area contributed by atoms with Crippen molar-refractivity contribution in [2.24, 2.45) is 5.16 Å². The number of aryl methyl sites for hydroxylation is 1. The molecule has 1 aromatic carbocycles. The van der Waals surface area contributed by atoms with E-state index in [1.54, 1.807) is 12.1 Å². The molecule has 19 heavy (non-hydrogen) atoms. The Kier molecular flexibility index (Phi) is 4.80. The zero-order valence-corrected chi connectivity index (χ0v) is 11.7. The van der Waals surface area contributed by atoms with E-state index in [2.05, 4.69) is 10.5 Å². The van der Waals surface area contributed by atoms with E-state index >= 15 is 0 Å². The monoisotopic (exact) mass is 280 g/mol. The van der Waals surface area contributed by atoms with E-state index < -0.39 is 6.09 Å². The molecular weight excluding hydrogens is 264 g/mol. The highest BCUT2D eigenvalue weighted by Gasteiger charge is 2.09. The lowest BCUT2D eigenvalue weighted by molar-refractivity contribution is 0.165. The third kappa shape index (κ3) is 4.24. The van der Waals surface area contributed by atoms with Crippen LogP contribution in [0, 0.1) is 6.92 Å². The van der Waals surface area contributed by atoms with Crippen LogP contribution in [-0.2, 0) is 4.84 Å². The fourth-order valence-corrected chi connectivity index (χ4v) is 2.15. The smallest absolute Gasteiger partial charge is 0.298 e. The molecule has 0 unspecified atom stereocenters. The van der Waals surface area contributed by atoms with Crippen LogP contribution < -0.4 is 5.32 Å². The highest BCUT2D eigenvalue weighted by Crippen LogP contribution is 2.20. The summed E-state index contributed by atoms with van der Waals surface area (Å²) in [6.45, 7) is 1.90. The van der Waals surface area contributed by atoms with Gasteiger partial charge in [0.15, 0.2) is 0 Å². The summed E-state index contributed by atoms with van der Waals surface area (Å²) in [5.41, 5.74) is 2.52. The quantitative estimate of drug-likeness (QED) is 0.640. The molecular formula is C14H17ClN2O2. The molecule has 1 fully saturated rings. The Morgan fingerprint density at radius 1 is 1.32 bits per heavy atom. The van der Waals surface area contributed by atoms with Gasteiger partial charge in [-0.2, -0.15) is 0 Å². The molecule has 1 N–H and O–H groups in total. The molecule has 0 spiro atoms. The maximum Gasteiger partial charge on any atom is 0.437 e. The van der Waals surface area contributed by atoms with E-state index in [-0.39, 0.29) is 0 Å². The van der Waals surface area contributed by atoms with Gasteiger partial charge in [0.1, 0.15) is 0 Å². The Balaban J connectivity index is 1.88. The van der Waals surface area contributed by atoms with Crippen LogP contribution in [0.5, 0.6) is 0 Å². The fraction of sp³-hybridized carbons (Fsp3) is 0.429. The normalized spacial score (nSPS) is 14.9. The van der Waals surface area contributed by atoms with Gasteiger partial charge in [-0.15, -0.1) is 0 Å². The number of anilines is 1. The van der Waals surface area contributed by atoms with E-state index in [0.29, 0.717) is 10.7 Å². The molecule has 1 aliphatic rings. The predicted octanol–water partition coefficient (Wildman–Crippen LogP) is 4.52. The van der Waals surface area contributed by atoms with Crippen LogP contribution in [0.25, 0.3) is 0 Å². The molecule has 0 atom stereocenters. The largest absolute Gasteiger partial charge is 0.437 e. The molecule has 0 saturated heterocycles. The van der Waals surface area contributed by atoms with Gasteiger partial charge in [0.25, 0.3) is 0 Å². The van der Waals surface area contributed by atoms with E-state index in [1.807, 2.05) is 13.0 Å². The number of nitrogens with one attached hydrogen (secondary N) is 1. The molecule has 0 radical (unpaired) electrons. The predicted molar refractivity (Wildman–Crippen MR) is 76.8 cm³/mol. The van der Waals surface area contributed by atoms with Crippen LogP contribution in [0.15, 0.2) is 23.4 Å². The number of amides is 1. The first-order valence-corrected chi connectivity index (χ1v) is 6.83. The topological polar surface area (TPSA) is 50.7 Å². The number of hydrogen-bond donors (Lipinski definition) is 1. The second kappa shape index (κ2) is 6.57. The number of oxime groups is 1. The third-order valence-corrected chi connectivity index (χ3v) is 3.51. The average Bonchev–Trinajstić information content (AvgIpc) is 2.42. The van der Waals surface area contributed by atoms with Crippen LogP contribution in [0.4, 0.5) is 10.5 Å². The maximum atomic E-state index is 11.6. The molecule has 102 valence electrons. The summed E-state index contributed by atoms with van der Waals surface area (Å²) in [6, 6.07) is 5.30. The second-order valence-corrected chi connectivity index (χ2v) is 5.09. The van der Waals surface area contributed by atoms with Crippen molar-refractivity contribution >= 4 is 29.1 Å². The molecule has 0 bridgehead atoms. The van der Waals surface area contributed by atoms with Gasteiger partial charge in [-0.3, -0.25) is 10.2 Å². The Morgan fingerprint density at radius 2 is 2.05 bits per heavy atom. The van der Waals surface area contributed by atoms with E-state index in [0.717, 1.165) is 37.0 Å². The van der Waals surface area contributed by atoms with Crippen LogP contribution >= 0.6 is 11.6 Å². The minimum atomic E-state index is -0.585. The van der Waals surface area contributed by atoms with Gasteiger partial charge in [0.05, 0.1) is 5.71 Å². The minimum Gasteiger partial charge on any atom is -0.298 e. The van der Waals surface area contributed by atoms with E-state index in [4.69, 9.17) is 16.4 Å². The van der Waals surface area contributed by atoms with Crippen molar-refractivity contribution in [2.75, 3.05) is 5.32 Å². The van der Waals surface area contributed by atoms with Gasteiger partial charge in [-0.25, -0.2) is 4.79 Å². The Bertz CT molecular complexity index is 492. The van der Waals surface area contributed by atoms with Crippen molar-refractivity contribution in [1.29, 1.82) is 0 Å². The fourth-order valence-electron chi connectivity index (χ4n) is 1.97. The molecule has 0 aromatic heterocycles. The molecule has 0 heterocycles. The second-order valence-electron chi connectivity index (χ2n) is 4.69. The summed E-state index contributed by atoms with van der Waals surface area (Å²) in [4.78, 5) is 16.4. The lowest BCUT2D eigenvalue weighted by Gasteiger charge is -2.11. The molecule has 1 saturated carbocycles. The summed E-state index contributed by atoms with van der Waals surface area (Å²) in [5, 5.41) is 7.10. The van der Waals surface area contributed by atoms with Gasteiger partial charge in [0.2, 0.25) is 0 Å². The molecule has 0 aliphatic heterocycles. The number of nitrogens with zero attached hydrogens (tertiary/aromatic N) is 1. The number of carbonyl (C=O) groups excluding carboxylic acids is 1. The lowest BCUT2D eigenvalue weighted by Crippen LogP contribution is -2.13. The molecule has 1 aliphatic carbocycles. The van der Waals surface area contributed by atoms with Gasteiger partial charge in [-0.05, 0) is 50.3 Å². The number of hydrogen-bond acceptors (Lipinski definition) is 3. The standard InChI is InChI=1S/C14H17ClN2O2/c1-10-7-8-12(9-13(10)15)16-14(18)19-17-11-5-3-2-4-6-11/h7-9H,2-6H2,1H3,(H,16,18). The molecule has 1 aromatic rings. The summed E-state index contributed by atoms with van der Waals surface area (Å²) in [7, 11) is 0. The Morgan fingerprint density at radius 3 is 2.74 bits per heavy atom. The zero-order valence-electron chi connectivity index (χ0n) is 10.9. The summed E-state index contributed by atoms with van der Waals surface area (Å²) in [6.07, 6.45) is 4.73. The summed E-state index contributed by atoms with van der Waals surface area (Å²) >= 11 is 5.98. The lowest BCUT2D eigenvalue weighted by atomic mass is 9.99. The Hall–Kier alpha value is -1.55. The van der Waals surface area contributed by atoms with E-state index in [9.17, 15) is 4.79 Å². The number of rotatable bonds is 2. The molecule has 5 heteroatoms. The zero-order chi connectivity index (χ0) is 13.7. The average molecular weight is 281 g/mol. The minimum absolute atomic E-state index is 0.585. The van der Waals surface area contributed by atoms with E-state index in [1.165, 1.54) is 6.42 Å². The van der Waals surface area contributed by atoms with Crippen molar-refractivity contribution in [3.8, 4) is 0 Å². The maximum absolute atomic E-state index is 11.6. The Labute approximate surface area is 117 Å². The molecule has 1 amide bonds. The number of carbonyl (C=O) groups is 1. The third-order valence-electron chi connectivity index (χ3n) is 3.11. The van der Waals surface area contributed by atoms with Crippen molar-refractivity contribution in [2.45, 2.75) is 39.0 Å².